The van der Waals surface area contributed by atoms with Gasteiger partial charge in [-0.05, 0) is 16.7 Å². The molecule has 0 unspecified atom stereocenters. The van der Waals surface area contributed by atoms with Gasteiger partial charge in [0, 0.05) is 20.8 Å². The quantitative estimate of drug-likeness (QED) is 0.0800. The molecule has 1 saturated heterocycles. The number of carbonyl (C=O) groups excluding carboxylic acids is 6. The van der Waals surface area contributed by atoms with Crippen molar-refractivity contribution in [3.63, 3.8) is 0 Å². The lowest BCUT2D eigenvalue weighted by molar-refractivity contribution is -0.310. The van der Waals surface area contributed by atoms with Gasteiger partial charge in [0.2, 0.25) is 5.91 Å². The van der Waals surface area contributed by atoms with Crippen LogP contribution < -0.4 is 10.6 Å². The number of alkyl halides is 1. The molecule has 0 aliphatic carbocycles. The van der Waals surface area contributed by atoms with Crippen molar-refractivity contribution in [2.24, 2.45) is 0 Å². The van der Waals surface area contributed by atoms with Crippen LogP contribution >= 0.6 is 0 Å². The van der Waals surface area contributed by atoms with E-state index in [1.807, 2.05) is 42.5 Å². The highest BCUT2D eigenvalue weighted by atomic mass is 19.1. The molecule has 56 heavy (non-hydrogen) atoms. The van der Waals surface area contributed by atoms with Crippen LogP contribution in [0, 0.1) is 12.3 Å². The molecule has 2 aromatic carbocycles. The van der Waals surface area contributed by atoms with Crippen molar-refractivity contribution in [2.45, 2.75) is 69.9 Å². The van der Waals surface area contributed by atoms with E-state index in [1.54, 1.807) is 12.1 Å². The highest BCUT2D eigenvalue weighted by Crippen LogP contribution is 2.37. The van der Waals surface area contributed by atoms with E-state index in [1.165, 1.54) is 0 Å². The maximum atomic E-state index is 17.0. The van der Waals surface area contributed by atoms with Crippen LogP contribution in [0.5, 0.6) is 0 Å². The second-order valence-corrected chi connectivity index (χ2v) is 12.4. The van der Waals surface area contributed by atoms with Crippen molar-refractivity contribution in [1.82, 2.24) is 10.6 Å². The number of amides is 2. The van der Waals surface area contributed by atoms with Gasteiger partial charge in [-0.3, -0.25) is 24.0 Å². The van der Waals surface area contributed by atoms with Gasteiger partial charge in [-0.25, -0.2) is 9.18 Å². The fourth-order valence-electron chi connectivity index (χ4n) is 5.71. The molecule has 304 valence electrons. The van der Waals surface area contributed by atoms with Gasteiger partial charge in [0.25, 0.3) is 11.7 Å². The van der Waals surface area contributed by atoms with E-state index in [2.05, 4.69) is 16.6 Å². The molecule has 2 N–H and O–H groups in total. The zero-order valence-corrected chi connectivity index (χ0v) is 31.6. The number of nitrogens with one attached hydrogen (secondary N) is 2. The Morgan fingerprint density at radius 2 is 1.55 bits per heavy atom. The predicted octanol–water partition coefficient (Wildman–Crippen LogP) is 1.60. The third-order valence-electron chi connectivity index (χ3n) is 8.13. The first-order chi connectivity index (χ1) is 26.8. The number of carbonyl (C=O) groups is 6. The summed E-state index contributed by atoms with van der Waals surface area (Å²) in [6.07, 6.45) is -3.33. The van der Waals surface area contributed by atoms with Crippen molar-refractivity contribution < 1.29 is 71.1 Å². The van der Waals surface area contributed by atoms with Gasteiger partial charge in [0.1, 0.15) is 18.8 Å². The minimum Gasteiger partial charge on any atom is -0.465 e. The van der Waals surface area contributed by atoms with Gasteiger partial charge in [-0.15, -0.1) is 6.42 Å². The lowest BCUT2D eigenvalue weighted by atomic mass is 9.88. The molecule has 0 spiro atoms. The molecule has 3 rings (SSSR count). The smallest absolute Gasteiger partial charge is 0.366 e. The number of hydrogen-bond acceptors (Lipinski definition) is 14. The Kier molecular flexibility index (Phi) is 18.4. The number of ether oxygens (including phenoxy) is 8. The van der Waals surface area contributed by atoms with Crippen LogP contribution in [0.15, 0.2) is 54.6 Å². The van der Waals surface area contributed by atoms with E-state index in [9.17, 15) is 28.8 Å². The minimum atomic E-state index is -2.46. The standard InChI is InChI=1S/C39H47FN2O14/c1-6-16-50-17-18-51-19-20-53-39(38(48)49-5)22-31(54-26(3)44)36(42-34(47)24-52-25(2)43)37(56-39)35(40)32(55-27(4)45)23-41-33(46)21-28-12-14-30(15-13-28)29-10-8-7-9-11-29/h1,7-15,31-32,35-37H,16-24H2,2-5H3,(H,41,46)(H,42,47)/t31-,32+,35-,36+,37-,39+/m0/s1. The monoisotopic (exact) mass is 786 g/mol. The summed E-state index contributed by atoms with van der Waals surface area (Å²) in [5, 5.41) is 4.99. The van der Waals surface area contributed by atoms with Crippen LogP contribution in [-0.2, 0) is 73.1 Å². The van der Waals surface area contributed by atoms with Gasteiger partial charge in [0.05, 0.1) is 59.0 Å². The molecule has 0 aromatic heterocycles. The summed E-state index contributed by atoms with van der Waals surface area (Å²) in [7, 11) is 1.01. The van der Waals surface area contributed by atoms with Crippen LogP contribution in [0.3, 0.4) is 0 Å². The zero-order valence-electron chi connectivity index (χ0n) is 31.6. The maximum absolute atomic E-state index is 17.0. The Bertz CT molecular complexity index is 1670. The molecule has 1 aliphatic heterocycles. The Morgan fingerprint density at radius 3 is 2.18 bits per heavy atom. The maximum Gasteiger partial charge on any atom is 0.366 e. The van der Waals surface area contributed by atoms with Crippen LogP contribution in [-0.4, -0.2) is 125 Å². The molecule has 2 aromatic rings. The number of hydrogen-bond donors (Lipinski definition) is 2. The third-order valence-corrected chi connectivity index (χ3v) is 8.13. The molecule has 2 amide bonds. The molecular formula is C39H47FN2O14. The SMILES string of the molecule is C#CCOCCOCCO[C@]1(C(=O)OC)C[C@H](OC(C)=O)[C@@H](NC(=O)COC(C)=O)[C@H]([C@@H](F)[C@@H](CNC(=O)Cc2ccc(-c3ccccc3)cc2)OC(C)=O)O1. The molecule has 6 atom stereocenters. The van der Waals surface area contributed by atoms with Gasteiger partial charge in [-0.1, -0.05) is 60.5 Å². The Balaban J connectivity index is 1.89. The van der Waals surface area contributed by atoms with E-state index in [0.29, 0.717) is 5.56 Å². The lowest BCUT2D eigenvalue weighted by Crippen LogP contribution is -2.68. The molecular weight excluding hydrogens is 739 g/mol. The van der Waals surface area contributed by atoms with Crippen LogP contribution in [0.25, 0.3) is 11.1 Å². The lowest BCUT2D eigenvalue weighted by Gasteiger charge is -2.47. The predicted molar refractivity (Wildman–Crippen MR) is 194 cm³/mol. The number of esters is 4. The molecule has 17 heteroatoms. The number of terminal acetylenes is 1. The first kappa shape index (κ1) is 45.0. The largest absolute Gasteiger partial charge is 0.465 e. The van der Waals surface area contributed by atoms with Gasteiger partial charge < -0.3 is 48.5 Å². The van der Waals surface area contributed by atoms with Crippen molar-refractivity contribution in [1.29, 1.82) is 0 Å². The number of halogens is 1. The van der Waals surface area contributed by atoms with Gasteiger partial charge in [0.15, 0.2) is 18.9 Å². The normalized spacial score (nSPS) is 20.0. The van der Waals surface area contributed by atoms with E-state index < -0.39 is 91.6 Å². The fourth-order valence-corrected chi connectivity index (χ4v) is 5.71. The summed E-state index contributed by atoms with van der Waals surface area (Å²) in [5.41, 5.74) is 2.56. The average molecular weight is 787 g/mol. The second kappa shape index (κ2) is 22.8. The molecule has 1 fully saturated rings. The molecule has 1 aliphatic rings. The topological polar surface area (TPSA) is 200 Å². The molecule has 16 nitrogen and oxygen atoms in total. The number of benzene rings is 2. The summed E-state index contributed by atoms with van der Waals surface area (Å²) in [6, 6.07) is 15.2. The Labute approximate surface area is 323 Å². The highest BCUT2D eigenvalue weighted by Gasteiger charge is 2.58. The van der Waals surface area contributed by atoms with E-state index in [4.69, 9.17) is 44.3 Å². The van der Waals surface area contributed by atoms with E-state index in [-0.39, 0.29) is 39.5 Å². The van der Waals surface area contributed by atoms with Crippen molar-refractivity contribution in [3.8, 4) is 23.5 Å². The first-order valence-electron chi connectivity index (χ1n) is 17.6. The second-order valence-electron chi connectivity index (χ2n) is 12.4. The van der Waals surface area contributed by atoms with Crippen molar-refractivity contribution in [2.75, 3.05) is 53.3 Å². The summed E-state index contributed by atoms with van der Waals surface area (Å²) < 4.78 is 59.9. The van der Waals surface area contributed by atoms with E-state index >= 15 is 4.39 Å². The molecule has 0 radical (unpaired) electrons. The summed E-state index contributed by atoms with van der Waals surface area (Å²) in [4.78, 5) is 75.4. The van der Waals surface area contributed by atoms with Crippen molar-refractivity contribution >= 4 is 35.7 Å². The van der Waals surface area contributed by atoms with Crippen LogP contribution in [0.1, 0.15) is 32.8 Å². The number of rotatable bonds is 21. The van der Waals surface area contributed by atoms with Crippen LogP contribution in [0.4, 0.5) is 4.39 Å². The van der Waals surface area contributed by atoms with Crippen LogP contribution in [0.2, 0.25) is 0 Å². The zero-order chi connectivity index (χ0) is 41.1. The number of methoxy groups -OCH3 is 1. The Hall–Kier alpha value is -5.41. The Morgan fingerprint density at radius 1 is 0.893 bits per heavy atom. The van der Waals surface area contributed by atoms with Gasteiger partial charge in [-0.2, -0.15) is 0 Å². The summed E-state index contributed by atoms with van der Waals surface area (Å²) >= 11 is 0. The average Bonchev–Trinajstić information content (AvgIpc) is 3.17. The van der Waals surface area contributed by atoms with Gasteiger partial charge >= 0.3 is 23.9 Å². The third kappa shape index (κ3) is 14.3. The van der Waals surface area contributed by atoms with Crippen molar-refractivity contribution in [3.05, 3.63) is 60.2 Å². The minimum absolute atomic E-state index is 0.0715. The highest BCUT2D eigenvalue weighted by molar-refractivity contribution is 5.81. The first-order valence-corrected chi connectivity index (χ1v) is 17.6. The summed E-state index contributed by atoms with van der Waals surface area (Å²) in [6.45, 7) is 1.60. The molecule has 1 heterocycles. The fraction of sp³-hybridized carbons (Fsp3) is 0.487. The van der Waals surface area contributed by atoms with E-state index in [0.717, 1.165) is 39.0 Å². The molecule has 0 bridgehead atoms. The molecule has 0 saturated carbocycles. The summed E-state index contributed by atoms with van der Waals surface area (Å²) in [5.74, 6) is -5.44.